The lowest BCUT2D eigenvalue weighted by molar-refractivity contribution is -0.144. The highest BCUT2D eigenvalue weighted by atomic mass is 19.2. The van der Waals surface area contributed by atoms with Gasteiger partial charge < -0.3 is 10.4 Å². The summed E-state index contributed by atoms with van der Waals surface area (Å²) in [5.74, 6) is -2.17. The molecule has 3 rings (SSSR count). The van der Waals surface area contributed by atoms with Crippen molar-refractivity contribution >= 4 is 5.97 Å². The summed E-state index contributed by atoms with van der Waals surface area (Å²) in [6, 6.07) is 3.72. The topological polar surface area (TPSA) is 49.3 Å². The van der Waals surface area contributed by atoms with Gasteiger partial charge in [-0.05, 0) is 48.8 Å². The number of halogens is 2. The van der Waals surface area contributed by atoms with Gasteiger partial charge in [0.25, 0.3) is 0 Å². The normalized spacial score (nSPS) is 31.7. The summed E-state index contributed by atoms with van der Waals surface area (Å²) in [5, 5.41) is 12.6. The number of carboxylic acids is 1. The molecule has 0 radical (unpaired) electrons. The predicted molar refractivity (Wildman–Crippen MR) is 68.9 cm³/mol. The SMILES string of the molecule is O=C(O)C1C2CCC(C2)C1NCc1ccc(F)c(F)c1. The molecule has 2 aliphatic carbocycles. The fourth-order valence-corrected chi connectivity index (χ4v) is 3.83. The van der Waals surface area contributed by atoms with Gasteiger partial charge in [-0.15, -0.1) is 0 Å². The van der Waals surface area contributed by atoms with Crippen LogP contribution in [-0.2, 0) is 11.3 Å². The third-order valence-electron chi connectivity index (χ3n) is 4.73. The molecule has 0 heterocycles. The van der Waals surface area contributed by atoms with Gasteiger partial charge in [0.1, 0.15) is 0 Å². The maximum absolute atomic E-state index is 13.1. The van der Waals surface area contributed by atoms with Crippen molar-refractivity contribution < 1.29 is 18.7 Å². The van der Waals surface area contributed by atoms with Gasteiger partial charge in [-0.2, -0.15) is 0 Å². The first-order valence-electron chi connectivity index (χ1n) is 6.96. The van der Waals surface area contributed by atoms with E-state index in [9.17, 15) is 18.7 Å². The monoisotopic (exact) mass is 281 g/mol. The zero-order valence-corrected chi connectivity index (χ0v) is 11.0. The van der Waals surface area contributed by atoms with Crippen molar-refractivity contribution in [2.75, 3.05) is 0 Å². The summed E-state index contributed by atoms with van der Waals surface area (Å²) in [6.07, 6.45) is 3.02. The van der Waals surface area contributed by atoms with E-state index >= 15 is 0 Å². The second kappa shape index (κ2) is 5.13. The van der Waals surface area contributed by atoms with Crippen molar-refractivity contribution in [2.24, 2.45) is 17.8 Å². The summed E-state index contributed by atoms with van der Waals surface area (Å²) >= 11 is 0. The summed E-state index contributed by atoms with van der Waals surface area (Å²) in [7, 11) is 0. The van der Waals surface area contributed by atoms with Crippen molar-refractivity contribution in [3.05, 3.63) is 35.4 Å². The van der Waals surface area contributed by atoms with Crippen LogP contribution in [0.5, 0.6) is 0 Å². The molecule has 4 unspecified atom stereocenters. The van der Waals surface area contributed by atoms with Crippen molar-refractivity contribution in [3.63, 3.8) is 0 Å². The molecule has 5 heteroatoms. The molecule has 2 saturated carbocycles. The Bertz CT molecular complexity index is 535. The van der Waals surface area contributed by atoms with Crippen LogP contribution in [0.2, 0.25) is 0 Å². The molecule has 2 N–H and O–H groups in total. The fourth-order valence-electron chi connectivity index (χ4n) is 3.83. The van der Waals surface area contributed by atoms with Gasteiger partial charge in [0.15, 0.2) is 11.6 Å². The summed E-state index contributed by atoms with van der Waals surface area (Å²) in [6.45, 7) is 0.370. The molecule has 2 bridgehead atoms. The number of carbonyl (C=O) groups is 1. The molecule has 2 fully saturated rings. The van der Waals surface area contributed by atoms with E-state index < -0.39 is 17.6 Å². The number of nitrogens with one attached hydrogen (secondary N) is 1. The number of aliphatic carboxylic acids is 1. The molecule has 4 atom stereocenters. The zero-order valence-electron chi connectivity index (χ0n) is 11.0. The molecular formula is C15H17F2NO2. The molecule has 20 heavy (non-hydrogen) atoms. The fraction of sp³-hybridized carbons (Fsp3) is 0.533. The lowest BCUT2D eigenvalue weighted by Gasteiger charge is -2.29. The average molecular weight is 281 g/mol. The second-order valence-electron chi connectivity index (χ2n) is 5.85. The summed E-state index contributed by atoms with van der Waals surface area (Å²) in [4.78, 5) is 11.4. The molecule has 1 aromatic carbocycles. The number of carboxylic acid groups (broad SMARTS) is 1. The quantitative estimate of drug-likeness (QED) is 0.891. The molecule has 0 spiro atoms. The lowest BCUT2D eigenvalue weighted by Crippen LogP contribution is -2.43. The third kappa shape index (κ3) is 2.30. The molecule has 3 nitrogen and oxygen atoms in total. The Morgan fingerprint density at radius 1 is 1.25 bits per heavy atom. The van der Waals surface area contributed by atoms with Crippen molar-refractivity contribution in [2.45, 2.75) is 31.8 Å². The first-order valence-corrected chi connectivity index (χ1v) is 6.96. The van der Waals surface area contributed by atoms with E-state index in [4.69, 9.17) is 0 Å². The van der Waals surface area contributed by atoms with Crippen LogP contribution in [0.15, 0.2) is 18.2 Å². The van der Waals surface area contributed by atoms with Crippen LogP contribution in [0, 0.1) is 29.4 Å². The van der Waals surface area contributed by atoms with Gasteiger partial charge in [0, 0.05) is 12.6 Å². The van der Waals surface area contributed by atoms with Crippen LogP contribution < -0.4 is 5.32 Å². The van der Waals surface area contributed by atoms with Crippen LogP contribution in [-0.4, -0.2) is 17.1 Å². The van der Waals surface area contributed by atoms with Crippen LogP contribution in [0.1, 0.15) is 24.8 Å². The van der Waals surface area contributed by atoms with Crippen molar-refractivity contribution in [1.82, 2.24) is 5.32 Å². The van der Waals surface area contributed by atoms with Gasteiger partial charge in [0.05, 0.1) is 5.92 Å². The molecule has 0 amide bonds. The summed E-state index contributed by atoms with van der Waals surface area (Å²) in [5.41, 5.74) is 0.635. The number of benzene rings is 1. The number of rotatable bonds is 4. The molecule has 108 valence electrons. The second-order valence-corrected chi connectivity index (χ2v) is 5.85. The summed E-state index contributed by atoms with van der Waals surface area (Å²) < 4.78 is 26.0. The highest BCUT2D eigenvalue weighted by Gasteiger charge is 2.50. The van der Waals surface area contributed by atoms with E-state index in [2.05, 4.69) is 5.32 Å². The van der Waals surface area contributed by atoms with Crippen LogP contribution in [0.25, 0.3) is 0 Å². The maximum atomic E-state index is 13.1. The van der Waals surface area contributed by atoms with Crippen LogP contribution >= 0.6 is 0 Å². The van der Waals surface area contributed by atoms with Gasteiger partial charge in [-0.1, -0.05) is 6.07 Å². The van der Waals surface area contributed by atoms with E-state index in [0.717, 1.165) is 31.4 Å². The van der Waals surface area contributed by atoms with Gasteiger partial charge in [0.2, 0.25) is 0 Å². The van der Waals surface area contributed by atoms with E-state index in [1.54, 1.807) is 0 Å². The predicted octanol–water partition coefficient (Wildman–Crippen LogP) is 2.55. The maximum Gasteiger partial charge on any atom is 0.308 e. The van der Waals surface area contributed by atoms with Crippen molar-refractivity contribution in [1.29, 1.82) is 0 Å². The first-order chi connectivity index (χ1) is 9.56. The zero-order chi connectivity index (χ0) is 14.3. The standard InChI is InChI=1S/C15H17F2NO2/c16-11-4-1-8(5-12(11)17)7-18-14-10-3-2-9(6-10)13(14)15(19)20/h1,4-5,9-10,13-14,18H,2-3,6-7H2,(H,19,20). The Kier molecular flexibility index (Phi) is 3.46. The van der Waals surface area contributed by atoms with Crippen LogP contribution in [0.3, 0.4) is 0 Å². The Morgan fingerprint density at radius 3 is 2.70 bits per heavy atom. The molecular weight excluding hydrogens is 264 g/mol. The van der Waals surface area contributed by atoms with Crippen molar-refractivity contribution in [3.8, 4) is 0 Å². The Hall–Kier alpha value is -1.49. The molecule has 0 saturated heterocycles. The molecule has 2 aliphatic rings. The van der Waals surface area contributed by atoms with Gasteiger partial charge >= 0.3 is 5.97 Å². The molecule has 1 aromatic rings. The number of hydrogen-bond acceptors (Lipinski definition) is 2. The minimum absolute atomic E-state index is 0.0561. The highest BCUT2D eigenvalue weighted by molar-refractivity contribution is 5.72. The minimum Gasteiger partial charge on any atom is -0.481 e. The van der Waals surface area contributed by atoms with E-state index in [1.807, 2.05) is 0 Å². The smallest absolute Gasteiger partial charge is 0.308 e. The largest absolute Gasteiger partial charge is 0.481 e. The number of fused-ring (bicyclic) bond motifs is 2. The minimum atomic E-state index is -0.868. The first kappa shape index (κ1) is 13.5. The molecule has 0 aromatic heterocycles. The third-order valence-corrected chi connectivity index (χ3v) is 4.73. The highest BCUT2D eigenvalue weighted by Crippen LogP contribution is 2.48. The van der Waals surface area contributed by atoms with Gasteiger partial charge in [-0.3, -0.25) is 4.79 Å². The van der Waals surface area contributed by atoms with Crippen LogP contribution in [0.4, 0.5) is 8.78 Å². The Balaban J connectivity index is 1.68. The molecule has 0 aliphatic heterocycles. The number of hydrogen-bond donors (Lipinski definition) is 2. The average Bonchev–Trinajstić information content (AvgIpc) is 3.00. The van der Waals surface area contributed by atoms with E-state index in [-0.39, 0.29) is 17.9 Å². The lowest BCUT2D eigenvalue weighted by atomic mass is 9.84. The van der Waals surface area contributed by atoms with E-state index in [1.165, 1.54) is 6.07 Å². The van der Waals surface area contributed by atoms with E-state index in [0.29, 0.717) is 18.0 Å². The Labute approximate surface area is 116 Å². The Morgan fingerprint density at radius 2 is 2.00 bits per heavy atom. The van der Waals surface area contributed by atoms with Gasteiger partial charge in [-0.25, -0.2) is 8.78 Å².